The molecule has 0 spiro atoms. The van der Waals surface area contributed by atoms with Gasteiger partial charge in [0, 0.05) is 16.7 Å². The Morgan fingerprint density at radius 2 is 1.83 bits per heavy atom. The fourth-order valence-corrected chi connectivity index (χ4v) is 3.58. The van der Waals surface area contributed by atoms with Crippen molar-refractivity contribution in [3.8, 4) is 5.75 Å². The molecule has 5 nitrogen and oxygen atoms in total. The van der Waals surface area contributed by atoms with Gasteiger partial charge < -0.3 is 20.8 Å². The maximum atomic E-state index is 11.4. The van der Waals surface area contributed by atoms with Gasteiger partial charge in [0.1, 0.15) is 11.5 Å². The first-order valence-electron chi connectivity index (χ1n) is 7.60. The number of hydrogen-bond donors (Lipinski definition) is 3. The van der Waals surface area contributed by atoms with E-state index < -0.39 is 11.4 Å². The van der Waals surface area contributed by atoms with Crippen molar-refractivity contribution < 1.29 is 14.9 Å². The van der Waals surface area contributed by atoms with Crippen LogP contribution in [0.4, 0.5) is 0 Å². The number of nitrogens with two attached hydrogens (primary N) is 1. The molecule has 4 rings (SSSR count). The van der Waals surface area contributed by atoms with Gasteiger partial charge in [0.15, 0.2) is 0 Å². The number of aliphatic hydroxyl groups is 2. The molecule has 0 saturated heterocycles. The summed E-state index contributed by atoms with van der Waals surface area (Å²) in [6.07, 6.45) is 0. The van der Waals surface area contributed by atoms with Gasteiger partial charge in [-0.05, 0) is 17.5 Å². The van der Waals surface area contributed by atoms with Crippen LogP contribution >= 0.6 is 0 Å². The number of rotatable bonds is 1. The van der Waals surface area contributed by atoms with Crippen molar-refractivity contribution in [3.63, 3.8) is 0 Å². The molecule has 0 saturated carbocycles. The zero-order valence-corrected chi connectivity index (χ0v) is 12.9. The van der Waals surface area contributed by atoms with E-state index in [9.17, 15) is 10.2 Å². The molecule has 5 heteroatoms. The molecular weight excluding hydrogens is 292 g/mol. The highest BCUT2D eigenvalue weighted by Crippen LogP contribution is 2.58. The van der Waals surface area contributed by atoms with Crippen molar-refractivity contribution in [2.24, 2.45) is 10.9 Å². The van der Waals surface area contributed by atoms with Gasteiger partial charge in [-0.15, -0.1) is 0 Å². The average Bonchev–Trinajstić information content (AvgIpc) is 2.87. The maximum absolute atomic E-state index is 11.4. The fourth-order valence-electron chi connectivity index (χ4n) is 3.58. The Morgan fingerprint density at radius 3 is 2.52 bits per heavy atom. The summed E-state index contributed by atoms with van der Waals surface area (Å²) in [4.78, 5) is 0. The summed E-state index contributed by atoms with van der Waals surface area (Å²) in [6.45, 7) is 4.14. The molecule has 1 aliphatic carbocycles. The average molecular weight is 310 g/mol. The lowest BCUT2D eigenvalue weighted by atomic mass is 9.85. The lowest BCUT2D eigenvalue weighted by Crippen LogP contribution is -2.49. The fraction of sp³-hybridized carbons (Fsp3) is 0.278. The highest BCUT2D eigenvalue weighted by Gasteiger charge is 2.69. The number of fused-ring (bicyclic) bond motifs is 5. The number of hydrazone groups is 1. The van der Waals surface area contributed by atoms with E-state index in [0.29, 0.717) is 28.4 Å². The lowest BCUT2D eigenvalue weighted by Gasteiger charge is -2.30. The first-order valence-corrected chi connectivity index (χ1v) is 7.60. The highest BCUT2D eigenvalue weighted by atomic mass is 16.7. The third kappa shape index (κ3) is 1.51. The molecule has 0 amide bonds. The van der Waals surface area contributed by atoms with Crippen LogP contribution in [-0.2, 0) is 11.4 Å². The van der Waals surface area contributed by atoms with E-state index in [-0.39, 0.29) is 5.71 Å². The molecule has 4 N–H and O–H groups in total. The minimum absolute atomic E-state index is 0.214. The molecule has 2 atom stereocenters. The summed E-state index contributed by atoms with van der Waals surface area (Å²) in [5.41, 5.74) is 1.01. The van der Waals surface area contributed by atoms with Crippen LogP contribution in [0.1, 0.15) is 42.0 Å². The Kier molecular flexibility index (Phi) is 2.69. The minimum atomic E-state index is -1.92. The molecule has 1 aliphatic heterocycles. The second-order valence-corrected chi connectivity index (χ2v) is 6.39. The smallest absolute Gasteiger partial charge is 0.275 e. The Balaban J connectivity index is 2.00. The molecule has 0 aromatic heterocycles. The molecule has 2 unspecified atom stereocenters. The first kappa shape index (κ1) is 14.2. The van der Waals surface area contributed by atoms with Gasteiger partial charge in [0.2, 0.25) is 5.60 Å². The van der Waals surface area contributed by atoms with E-state index in [4.69, 9.17) is 10.6 Å². The Morgan fingerprint density at radius 1 is 1.09 bits per heavy atom. The van der Waals surface area contributed by atoms with Crippen molar-refractivity contribution in [3.05, 3.63) is 64.7 Å². The van der Waals surface area contributed by atoms with Gasteiger partial charge in [-0.2, -0.15) is 5.10 Å². The number of benzene rings is 2. The maximum Gasteiger partial charge on any atom is 0.275 e. The van der Waals surface area contributed by atoms with E-state index in [2.05, 4.69) is 18.9 Å². The van der Waals surface area contributed by atoms with Gasteiger partial charge in [0.05, 0.1) is 0 Å². The van der Waals surface area contributed by atoms with Crippen LogP contribution in [-0.4, -0.2) is 15.9 Å². The third-order valence-corrected chi connectivity index (χ3v) is 4.83. The van der Waals surface area contributed by atoms with Gasteiger partial charge in [-0.1, -0.05) is 50.2 Å². The van der Waals surface area contributed by atoms with Crippen molar-refractivity contribution >= 4 is 5.71 Å². The van der Waals surface area contributed by atoms with Gasteiger partial charge in [-0.3, -0.25) is 0 Å². The molecule has 0 radical (unpaired) electrons. The van der Waals surface area contributed by atoms with Crippen LogP contribution in [0, 0.1) is 0 Å². The van der Waals surface area contributed by atoms with Crippen molar-refractivity contribution in [1.82, 2.24) is 0 Å². The molecule has 1 heterocycles. The number of nitrogens with zero attached hydrogens (tertiary/aromatic N) is 1. The van der Waals surface area contributed by atoms with Gasteiger partial charge in [-0.25, -0.2) is 0 Å². The molecule has 2 aliphatic rings. The quantitative estimate of drug-likeness (QED) is 0.554. The van der Waals surface area contributed by atoms with Gasteiger partial charge in [0.25, 0.3) is 5.79 Å². The molecule has 23 heavy (non-hydrogen) atoms. The monoisotopic (exact) mass is 310 g/mol. The van der Waals surface area contributed by atoms with E-state index in [1.807, 2.05) is 12.1 Å². The zero-order chi connectivity index (χ0) is 16.4. The summed E-state index contributed by atoms with van der Waals surface area (Å²) >= 11 is 0. The predicted molar refractivity (Wildman–Crippen MR) is 86.1 cm³/mol. The Labute approximate surface area is 134 Å². The minimum Gasteiger partial charge on any atom is -0.454 e. The Hall–Kier alpha value is -2.37. The zero-order valence-electron chi connectivity index (χ0n) is 12.9. The van der Waals surface area contributed by atoms with Crippen LogP contribution in [0.3, 0.4) is 0 Å². The first-order chi connectivity index (χ1) is 10.9. The molecule has 2 aromatic carbocycles. The summed E-state index contributed by atoms with van der Waals surface area (Å²) in [5, 5.41) is 26.3. The summed E-state index contributed by atoms with van der Waals surface area (Å²) < 4.78 is 5.84. The summed E-state index contributed by atoms with van der Waals surface area (Å²) in [5.74, 6) is 4.39. The largest absolute Gasteiger partial charge is 0.454 e. The van der Waals surface area contributed by atoms with Crippen LogP contribution in [0.25, 0.3) is 0 Å². The normalized spacial score (nSPS) is 29.3. The topological polar surface area (TPSA) is 88.1 Å². The van der Waals surface area contributed by atoms with Crippen LogP contribution in [0.2, 0.25) is 0 Å². The molecule has 2 aromatic rings. The van der Waals surface area contributed by atoms with Crippen LogP contribution < -0.4 is 10.6 Å². The molecular formula is C18H18N2O3. The van der Waals surface area contributed by atoms with Crippen LogP contribution in [0.5, 0.6) is 5.75 Å². The summed E-state index contributed by atoms with van der Waals surface area (Å²) in [7, 11) is 0. The SMILES string of the molecule is CC(C)c1ccc2c(c1)OC1(O)c3ccccc3/C(=N\N)C21O. The van der Waals surface area contributed by atoms with Crippen molar-refractivity contribution in [2.45, 2.75) is 31.2 Å². The second-order valence-electron chi connectivity index (χ2n) is 6.39. The molecule has 118 valence electrons. The van der Waals surface area contributed by atoms with E-state index >= 15 is 0 Å². The van der Waals surface area contributed by atoms with E-state index in [1.54, 1.807) is 30.3 Å². The standard InChI is InChI=1S/C18H18N2O3/c1-10(2)11-7-8-14-15(9-11)23-18(22)13-6-4-3-5-12(13)16(20-19)17(14,18)21/h3-10,21-22H,19H2,1-2H3/b20-16+. The predicted octanol–water partition coefficient (Wildman–Crippen LogP) is 1.91. The number of ether oxygens (including phenoxy) is 1. The van der Waals surface area contributed by atoms with Crippen molar-refractivity contribution in [2.75, 3.05) is 0 Å². The van der Waals surface area contributed by atoms with Gasteiger partial charge >= 0.3 is 0 Å². The molecule has 0 fully saturated rings. The van der Waals surface area contributed by atoms with Crippen LogP contribution in [0.15, 0.2) is 47.6 Å². The van der Waals surface area contributed by atoms with Crippen molar-refractivity contribution in [1.29, 1.82) is 0 Å². The van der Waals surface area contributed by atoms with E-state index in [1.165, 1.54) is 0 Å². The third-order valence-electron chi connectivity index (χ3n) is 4.83. The highest BCUT2D eigenvalue weighted by molar-refractivity contribution is 6.13. The van der Waals surface area contributed by atoms with E-state index in [0.717, 1.165) is 5.56 Å². The lowest BCUT2D eigenvalue weighted by molar-refractivity contribution is -0.219. The number of hydrogen-bond acceptors (Lipinski definition) is 5. The summed E-state index contributed by atoms with van der Waals surface area (Å²) in [6, 6.07) is 12.6. The second kappa shape index (κ2) is 4.34. The molecule has 0 bridgehead atoms. The Bertz CT molecular complexity index is 846.